The average Bonchev–Trinajstić information content (AvgIpc) is 2.76. The van der Waals surface area contributed by atoms with Crippen molar-refractivity contribution in [1.82, 2.24) is 0 Å². The lowest BCUT2D eigenvalue weighted by Crippen LogP contribution is -2.60. The van der Waals surface area contributed by atoms with Crippen molar-refractivity contribution in [3.05, 3.63) is 59.2 Å². The van der Waals surface area contributed by atoms with E-state index >= 15 is 0 Å². The molecule has 0 aromatic heterocycles. The molecule has 0 amide bonds. The van der Waals surface area contributed by atoms with Crippen LogP contribution in [0.2, 0.25) is 0 Å². The smallest absolute Gasteiger partial charge is 0.229 e. The third kappa shape index (κ3) is 5.10. The normalized spacial score (nSPS) is 26.4. The van der Waals surface area contributed by atoms with Crippen LogP contribution >= 0.6 is 0 Å². The maximum Gasteiger partial charge on any atom is 0.229 e. The molecule has 5 atom stereocenters. The lowest BCUT2D eigenvalue weighted by molar-refractivity contribution is -0.277. The number of methoxy groups -OCH3 is 2. The van der Waals surface area contributed by atoms with Crippen LogP contribution in [0, 0.1) is 0 Å². The third-order valence-corrected chi connectivity index (χ3v) is 5.09. The van der Waals surface area contributed by atoms with Crippen molar-refractivity contribution in [2.24, 2.45) is 0 Å². The maximum absolute atomic E-state index is 10.3. The first-order chi connectivity index (χ1) is 14.5. The largest absolute Gasteiger partial charge is 0.497 e. The summed E-state index contributed by atoms with van der Waals surface area (Å²) in [4.78, 5) is 0. The van der Waals surface area contributed by atoms with Gasteiger partial charge in [0.05, 0.1) is 20.3 Å². The van der Waals surface area contributed by atoms with Crippen LogP contribution in [0.4, 0.5) is 0 Å². The Labute approximate surface area is 175 Å². The zero-order chi connectivity index (χ0) is 21.7. The van der Waals surface area contributed by atoms with Gasteiger partial charge in [-0.15, -0.1) is 0 Å². The Balaban J connectivity index is 1.86. The number of rotatable bonds is 8. The predicted octanol–water partition coefficient (Wildman–Crippen LogP) is 0.611. The molecule has 0 saturated carbocycles. The molecule has 164 valence electrons. The minimum atomic E-state index is -1.51. The van der Waals surface area contributed by atoms with E-state index in [1.165, 1.54) is 0 Å². The van der Waals surface area contributed by atoms with Gasteiger partial charge in [-0.1, -0.05) is 24.3 Å². The van der Waals surface area contributed by atoms with E-state index in [4.69, 9.17) is 18.9 Å². The van der Waals surface area contributed by atoms with Gasteiger partial charge in [0.2, 0.25) is 6.29 Å². The summed E-state index contributed by atoms with van der Waals surface area (Å²) in [7, 11) is 3.19. The van der Waals surface area contributed by atoms with E-state index in [1.54, 1.807) is 20.3 Å². The van der Waals surface area contributed by atoms with Gasteiger partial charge in [0.15, 0.2) is 0 Å². The number of ether oxygens (including phenoxy) is 4. The minimum Gasteiger partial charge on any atom is -0.497 e. The van der Waals surface area contributed by atoms with Gasteiger partial charge >= 0.3 is 0 Å². The van der Waals surface area contributed by atoms with Crippen molar-refractivity contribution in [2.75, 3.05) is 20.8 Å². The standard InChI is InChI=1S/C22H28O8/c1-27-12-14-3-6-15(9-13-4-7-16(28-2)8-5-13)17(10-14)29-22-21(26)20(25)19(24)18(11-23)30-22/h3-8,10,18-26H,9,11-12H2,1-2H3/t18-,19-,20+,21-,22-/m1/s1. The molecule has 0 spiro atoms. The van der Waals surface area contributed by atoms with Crippen molar-refractivity contribution >= 4 is 0 Å². The van der Waals surface area contributed by atoms with Crippen LogP contribution in [-0.4, -0.2) is 72.0 Å². The quantitative estimate of drug-likeness (QED) is 0.491. The molecule has 30 heavy (non-hydrogen) atoms. The molecule has 8 heteroatoms. The van der Waals surface area contributed by atoms with Gasteiger partial charge in [0.1, 0.15) is 35.9 Å². The van der Waals surface area contributed by atoms with Crippen molar-refractivity contribution in [3.8, 4) is 11.5 Å². The summed E-state index contributed by atoms with van der Waals surface area (Å²) in [6, 6.07) is 13.2. The molecule has 2 aromatic carbocycles. The summed E-state index contributed by atoms with van der Waals surface area (Å²) in [6.07, 6.45) is -6.18. The summed E-state index contributed by atoms with van der Waals surface area (Å²) >= 11 is 0. The molecule has 0 bridgehead atoms. The van der Waals surface area contributed by atoms with E-state index in [1.807, 2.05) is 36.4 Å². The number of aliphatic hydroxyl groups is 4. The lowest BCUT2D eigenvalue weighted by atomic mass is 9.99. The van der Waals surface area contributed by atoms with Crippen LogP contribution in [0.3, 0.4) is 0 Å². The fraction of sp³-hybridized carbons (Fsp3) is 0.455. The summed E-state index contributed by atoms with van der Waals surface area (Å²) in [6.45, 7) is -0.152. The number of hydrogen-bond donors (Lipinski definition) is 4. The van der Waals surface area contributed by atoms with Crippen LogP contribution in [0.1, 0.15) is 16.7 Å². The third-order valence-electron chi connectivity index (χ3n) is 5.09. The van der Waals surface area contributed by atoms with Gasteiger partial charge in [-0.2, -0.15) is 0 Å². The van der Waals surface area contributed by atoms with E-state index in [2.05, 4.69) is 0 Å². The average molecular weight is 420 g/mol. The Hall–Kier alpha value is -2.20. The molecule has 1 fully saturated rings. The molecule has 0 aliphatic carbocycles. The first-order valence-corrected chi connectivity index (χ1v) is 9.67. The first kappa shape index (κ1) is 22.5. The molecule has 3 rings (SSSR count). The molecular weight excluding hydrogens is 392 g/mol. The van der Waals surface area contributed by atoms with Gasteiger partial charge in [0.25, 0.3) is 0 Å². The first-order valence-electron chi connectivity index (χ1n) is 9.67. The van der Waals surface area contributed by atoms with Gasteiger partial charge in [-0.05, 0) is 34.9 Å². The van der Waals surface area contributed by atoms with Crippen molar-refractivity contribution in [1.29, 1.82) is 0 Å². The van der Waals surface area contributed by atoms with Crippen LogP contribution in [-0.2, 0) is 22.5 Å². The highest BCUT2D eigenvalue weighted by atomic mass is 16.7. The maximum atomic E-state index is 10.3. The fourth-order valence-electron chi connectivity index (χ4n) is 3.36. The Morgan fingerprint density at radius 3 is 2.23 bits per heavy atom. The highest BCUT2D eigenvalue weighted by molar-refractivity contribution is 5.41. The minimum absolute atomic E-state index is 0.369. The van der Waals surface area contributed by atoms with Crippen molar-refractivity contribution < 1.29 is 39.4 Å². The summed E-state index contributed by atoms with van der Waals surface area (Å²) < 4.78 is 21.8. The second-order valence-corrected chi connectivity index (χ2v) is 7.22. The van der Waals surface area contributed by atoms with Gasteiger partial charge in [-0.3, -0.25) is 0 Å². The second kappa shape index (κ2) is 10.2. The van der Waals surface area contributed by atoms with E-state index < -0.39 is 37.3 Å². The molecular formula is C22H28O8. The van der Waals surface area contributed by atoms with Gasteiger partial charge in [0, 0.05) is 13.5 Å². The zero-order valence-electron chi connectivity index (χ0n) is 17.0. The molecule has 1 aliphatic heterocycles. The van der Waals surface area contributed by atoms with E-state index in [-0.39, 0.29) is 0 Å². The molecule has 1 aliphatic rings. The van der Waals surface area contributed by atoms with E-state index in [9.17, 15) is 20.4 Å². The van der Waals surface area contributed by atoms with Crippen molar-refractivity contribution in [3.63, 3.8) is 0 Å². The van der Waals surface area contributed by atoms with Crippen LogP contribution < -0.4 is 9.47 Å². The number of benzene rings is 2. The molecule has 1 heterocycles. The predicted molar refractivity (Wildman–Crippen MR) is 107 cm³/mol. The van der Waals surface area contributed by atoms with Crippen LogP contribution in [0.15, 0.2) is 42.5 Å². The Kier molecular flexibility index (Phi) is 7.65. The Morgan fingerprint density at radius 1 is 0.900 bits per heavy atom. The summed E-state index contributed by atoms with van der Waals surface area (Å²) in [5.74, 6) is 1.21. The SMILES string of the molecule is COCc1ccc(Cc2ccc(OC)cc2)c(O[C@@H]2O[C@H](CO)[C@@H](O)[C@H](O)[C@H]2O)c1. The molecule has 8 nitrogen and oxygen atoms in total. The molecule has 0 unspecified atom stereocenters. The highest BCUT2D eigenvalue weighted by Gasteiger charge is 2.44. The number of aliphatic hydroxyl groups excluding tert-OH is 4. The Morgan fingerprint density at radius 2 is 1.60 bits per heavy atom. The molecule has 1 saturated heterocycles. The van der Waals surface area contributed by atoms with Gasteiger partial charge < -0.3 is 39.4 Å². The second-order valence-electron chi connectivity index (χ2n) is 7.22. The summed E-state index contributed by atoms with van der Waals surface area (Å²) in [5, 5.41) is 39.7. The van der Waals surface area contributed by atoms with E-state index in [0.717, 1.165) is 22.4 Å². The number of hydrogen-bond acceptors (Lipinski definition) is 8. The van der Waals surface area contributed by atoms with E-state index in [0.29, 0.717) is 18.8 Å². The highest BCUT2D eigenvalue weighted by Crippen LogP contribution is 2.29. The molecule has 0 radical (unpaired) electrons. The van der Waals surface area contributed by atoms with Gasteiger partial charge in [-0.25, -0.2) is 0 Å². The van der Waals surface area contributed by atoms with Crippen molar-refractivity contribution in [2.45, 2.75) is 43.7 Å². The topological polar surface area (TPSA) is 118 Å². The lowest BCUT2D eigenvalue weighted by Gasteiger charge is -2.39. The fourth-order valence-corrected chi connectivity index (χ4v) is 3.36. The molecule has 4 N–H and O–H groups in total. The van der Waals surface area contributed by atoms with Crippen LogP contribution in [0.5, 0.6) is 11.5 Å². The Bertz CT molecular complexity index is 807. The summed E-state index contributed by atoms with van der Waals surface area (Å²) in [5.41, 5.74) is 2.71. The monoisotopic (exact) mass is 420 g/mol. The zero-order valence-corrected chi connectivity index (χ0v) is 17.0. The molecule has 2 aromatic rings. The van der Waals surface area contributed by atoms with Crippen LogP contribution in [0.25, 0.3) is 0 Å².